The van der Waals surface area contributed by atoms with Gasteiger partial charge in [-0.15, -0.1) is 0 Å². The fourth-order valence-electron chi connectivity index (χ4n) is 3.80. The second-order valence-electron chi connectivity index (χ2n) is 7.39. The topological polar surface area (TPSA) is 67.2 Å². The largest absolute Gasteiger partial charge is 0.353 e. The van der Waals surface area contributed by atoms with Gasteiger partial charge in [-0.3, -0.25) is 4.79 Å². The van der Waals surface area contributed by atoms with Gasteiger partial charge in [-0.05, 0) is 31.2 Å². The maximum Gasteiger partial charge on any atom is 0.272 e. The second-order valence-corrected chi connectivity index (χ2v) is 7.39. The molecule has 4 aromatic rings. The van der Waals surface area contributed by atoms with E-state index in [1.807, 2.05) is 83.4 Å². The Labute approximate surface area is 174 Å². The highest BCUT2D eigenvalue weighted by Gasteiger charge is 2.24. The summed E-state index contributed by atoms with van der Waals surface area (Å²) in [4.78, 5) is 30.7. The normalized spacial score (nSPS) is 14.3. The van der Waals surface area contributed by atoms with E-state index in [-0.39, 0.29) is 5.91 Å². The SMILES string of the molecule is Cc1nc(N2CCN(C(=O)c3ccc4ccccc4n3)CC2)cc(-n2cccc2)n1. The molecular weight excluding hydrogens is 376 g/mol. The lowest BCUT2D eigenvalue weighted by atomic mass is 10.2. The molecule has 1 aliphatic rings. The lowest BCUT2D eigenvalue weighted by Crippen LogP contribution is -2.49. The molecule has 0 bridgehead atoms. The minimum Gasteiger partial charge on any atom is -0.353 e. The van der Waals surface area contributed by atoms with E-state index < -0.39 is 0 Å². The number of para-hydroxylation sites is 1. The number of pyridine rings is 1. The minimum absolute atomic E-state index is 0.0210. The molecule has 7 heteroatoms. The number of rotatable bonds is 3. The molecule has 0 spiro atoms. The van der Waals surface area contributed by atoms with E-state index in [1.165, 1.54) is 0 Å². The zero-order valence-electron chi connectivity index (χ0n) is 16.8. The van der Waals surface area contributed by atoms with Crippen LogP contribution in [0.4, 0.5) is 5.82 Å². The van der Waals surface area contributed by atoms with Gasteiger partial charge in [-0.2, -0.15) is 0 Å². The molecule has 0 aliphatic carbocycles. The third-order valence-electron chi connectivity index (χ3n) is 5.39. The molecule has 5 rings (SSSR count). The zero-order valence-corrected chi connectivity index (χ0v) is 16.8. The Kier molecular flexibility index (Phi) is 4.63. The van der Waals surface area contributed by atoms with Crippen LogP contribution in [0.25, 0.3) is 16.7 Å². The average molecular weight is 398 g/mol. The number of aryl methyl sites for hydroxylation is 1. The molecule has 0 unspecified atom stereocenters. The molecule has 30 heavy (non-hydrogen) atoms. The van der Waals surface area contributed by atoms with Crippen LogP contribution in [0.15, 0.2) is 67.0 Å². The molecule has 1 aromatic carbocycles. The summed E-state index contributed by atoms with van der Waals surface area (Å²) in [5, 5.41) is 1.04. The first kappa shape index (κ1) is 18.3. The molecule has 1 amide bonds. The van der Waals surface area contributed by atoms with Gasteiger partial charge in [0.1, 0.15) is 23.2 Å². The van der Waals surface area contributed by atoms with Crippen molar-refractivity contribution in [1.82, 2.24) is 24.4 Å². The summed E-state index contributed by atoms with van der Waals surface area (Å²) in [7, 11) is 0. The average Bonchev–Trinajstić information content (AvgIpc) is 3.33. The maximum absolute atomic E-state index is 13.0. The fraction of sp³-hybridized carbons (Fsp3) is 0.217. The molecule has 1 saturated heterocycles. The Balaban J connectivity index is 1.31. The van der Waals surface area contributed by atoms with Crippen molar-refractivity contribution in [2.45, 2.75) is 6.92 Å². The molecule has 0 atom stereocenters. The van der Waals surface area contributed by atoms with Crippen LogP contribution in [0, 0.1) is 6.92 Å². The summed E-state index contributed by atoms with van der Waals surface area (Å²) in [6.45, 7) is 4.62. The zero-order chi connectivity index (χ0) is 20.5. The number of benzene rings is 1. The van der Waals surface area contributed by atoms with E-state index in [1.54, 1.807) is 0 Å². The Morgan fingerprint density at radius 2 is 1.57 bits per heavy atom. The van der Waals surface area contributed by atoms with Crippen molar-refractivity contribution in [3.05, 3.63) is 78.5 Å². The molecule has 0 saturated carbocycles. The third-order valence-corrected chi connectivity index (χ3v) is 5.39. The third kappa shape index (κ3) is 3.50. The number of hydrogen-bond acceptors (Lipinski definition) is 5. The first-order valence-electron chi connectivity index (χ1n) is 10.1. The highest BCUT2D eigenvalue weighted by Crippen LogP contribution is 2.19. The molecule has 7 nitrogen and oxygen atoms in total. The lowest BCUT2D eigenvalue weighted by molar-refractivity contribution is 0.0741. The fourth-order valence-corrected chi connectivity index (χ4v) is 3.80. The van der Waals surface area contributed by atoms with Gasteiger partial charge in [0, 0.05) is 50.0 Å². The number of amides is 1. The highest BCUT2D eigenvalue weighted by molar-refractivity contribution is 5.95. The summed E-state index contributed by atoms with van der Waals surface area (Å²) in [5.41, 5.74) is 1.34. The van der Waals surface area contributed by atoms with E-state index in [4.69, 9.17) is 0 Å². The first-order chi connectivity index (χ1) is 14.7. The van der Waals surface area contributed by atoms with Crippen molar-refractivity contribution in [3.63, 3.8) is 0 Å². The molecule has 1 aliphatic heterocycles. The van der Waals surface area contributed by atoms with Crippen LogP contribution in [0.5, 0.6) is 0 Å². The van der Waals surface area contributed by atoms with Crippen molar-refractivity contribution < 1.29 is 4.79 Å². The summed E-state index contributed by atoms with van der Waals surface area (Å²) in [5.74, 6) is 2.45. The van der Waals surface area contributed by atoms with Crippen molar-refractivity contribution >= 4 is 22.6 Å². The second kappa shape index (κ2) is 7.59. The molecule has 4 heterocycles. The van der Waals surface area contributed by atoms with Crippen LogP contribution in [0.3, 0.4) is 0 Å². The molecule has 0 N–H and O–H groups in total. The van der Waals surface area contributed by atoms with Gasteiger partial charge < -0.3 is 14.4 Å². The van der Waals surface area contributed by atoms with Crippen molar-refractivity contribution in [2.24, 2.45) is 0 Å². The van der Waals surface area contributed by atoms with Crippen LogP contribution in [0.2, 0.25) is 0 Å². The standard InChI is InChI=1S/C23H22N6O/c1-17-24-21(27-10-4-5-11-27)16-22(25-17)28-12-14-29(15-13-28)23(30)20-9-8-18-6-2-3-7-19(18)26-20/h2-11,16H,12-15H2,1H3. The quantitative estimate of drug-likeness (QED) is 0.531. The number of piperazine rings is 1. The van der Waals surface area contributed by atoms with E-state index in [0.717, 1.165) is 41.5 Å². The number of aromatic nitrogens is 4. The van der Waals surface area contributed by atoms with Gasteiger partial charge in [0.05, 0.1) is 5.52 Å². The van der Waals surface area contributed by atoms with Crippen LogP contribution >= 0.6 is 0 Å². The maximum atomic E-state index is 13.0. The van der Waals surface area contributed by atoms with Gasteiger partial charge in [-0.1, -0.05) is 24.3 Å². The van der Waals surface area contributed by atoms with Gasteiger partial charge in [-0.25, -0.2) is 15.0 Å². The highest BCUT2D eigenvalue weighted by atomic mass is 16.2. The lowest BCUT2D eigenvalue weighted by Gasteiger charge is -2.35. The van der Waals surface area contributed by atoms with Crippen LogP contribution in [0.1, 0.15) is 16.3 Å². The van der Waals surface area contributed by atoms with E-state index >= 15 is 0 Å². The van der Waals surface area contributed by atoms with Crippen molar-refractivity contribution in [1.29, 1.82) is 0 Å². The van der Waals surface area contributed by atoms with Crippen molar-refractivity contribution in [2.75, 3.05) is 31.1 Å². The molecule has 3 aromatic heterocycles. The summed E-state index contributed by atoms with van der Waals surface area (Å²) >= 11 is 0. The molecular formula is C23H22N6O. The predicted octanol–water partition coefficient (Wildman–Crippen LogP) is 3.09. The van der Waals surface area contributed by atoms with E-state index in [9.17, 15) is 4.79 Å². The van der Waals surface area contributed by atoms with Crippen LogP contribution in [-0.2, 0) is 0 Å². The Hall–Kier alpha value is -3.74. The number of carbonyl (C=O) groups excluding carboxylic acids is 1. The monoisotopic (exact) mass is 398 g/mol. The predicted molar refractivity (Wildman–Crippen MR) is 116 cm³/mol. The van der Waals surface area contributed by atoms with Crippen LogP contribution < -0.4 is 4.90 Å². The van der Waals surface area contributed by atoms with Gasteiger partial charge in [0.2, 0.25) is 0 Å². The Bertz CT molecular complexity index is 1200. The molecule has 0 radical (unpaired) electrons. The van der Waals surface area contributed by atoms with Crippen LogP contribution in [-0.4, -0.2) is 56.5 Å². The molecule has 1 fully saturated rings. The van der Waals surface area contributed by atoms with Crippen molar-refractivity contribution in [3.8, 4) is 5.82 Å². The summed E-state index contributed by atoms with van der Waals surface area (Å²) < 4.78 is 1.98. The smallest absolute Gasteiger partial charge is 0.272 e. The van der Waals surface area contributed by atoms with E-state index in [2.05, 4.69) is 19.9 Å². The summed E-state index contributed by atoms with van der Waals surface area (Å²) in [6.07, 6.45) is 3.94. The number of nitrogens with zero attached hydrogens (tertiary/aromatic N) is 6. The minimum atomic E-state index is -0.0210. The number of carbonyl (C=O) groups is 1. The van der Waals surface area contributed by atoms with Gasteiger partial charge in [0.25, 0.3) is 5.91 Å². The number of hydrogen-bond donors (Lipinski definition) is 0. The van der Waals surface area contributed by atoms with E-state index in [0.29, 0.717) is 18.8 Å². The summed E-state index contributed by atoms with van der Waals surface area (Å²) in [6, 6.07) is 17.6. The first-order valence-corrected chi connectivity index (χ1v) is 10.1. The number of fused-ring (bicyclic) bond motifs is 1. The van der Waals surface area contributed by atoms with Gasteiger partial charge in [0.15, 0.2) is 0 Å². The molecule has 150 valence electrons. The Morgan fingerprint density at radius 1 is 0.833 bits per heavy atom. The number of anilines is 1. The van der Waals surface area contributed by atoms with Gasteiger partial charge >= 0.3 is 0 Å². The Morgan fingerprint density at radius 3 is 2.37 bits per heavy atom.